The average molecular weight is 547 g/mol. The normalized spacial score (nSPS) is 21.4. The molecule has 3 unspecified atom stereocenters. The van der Waals surface area contributed by atoms with E-state index in [-0.39, 0.29) is 0 Å². The standard InChI is InChI=1S/C22H35F5N4O6/c1-20(2,3)15(30-19(36)37)18(35)31-9-7-11(22(25,26)27)10-13(31)16(33)29-12(6-8-21(4,23)24)14(32)17(34)28-5/h11-15,30,32H,6-10H2,1-5H3,(H,28,34)(H,29,33)(H,36,37)/t11-,12?,13+,14?,15?/m1/s1. The van der Waals surface area contributed by atoms with Gasteiger partial charge in [0.2, 0.25) is 17.7 Å². The molecule has 37 heavy (non-hydrogen) atoms. The van der Waals surface area contributed by atoms with E-state index in [1.54, 1.807) is 0 Å². The van der Waals surface area contributed by atoms with Crippen LogP contribution in [0.2, 0.25) is 0 Å². The first kappa shape index (κ1) is 32.3. The predicted molar refractivity (Wildman–Crippen MR) is 121 cm³/mol. The lowest BCUT2D eigenvalue weighted by Gasteiger charge is -2.43. The minimum Gasteiger partial charge on any atom is -0.465 e. The van der Waals surface area contributed by atoms with Crippen molar-refractivity contribution in [1.82, 2.24) is 20.9 Å². The Morgan fingerprint density at radius 1 is 1.03 bits per heavy atom. The van der Waals surface area contributed by atoms with Crippen LogP contribution in [0.3, 0.4) is 0 Å². The Labute approximate surface area is 211 Å². The molecule has 1 aliphatic rings. The summed E-state index contributed by atoms with van der Waals surface area (Å²) in [6, 6.07) is -4.79. The van der Waals surface area contributed by atoms with Crippen LogP contribution in [0.25, 0.3) is 0 Å². The van der Waals surface area contributed by atoms with E-state index in [4.69, 9.17) is 5.11 Å². The van der Waals surface area contributed by atoms with Crippen molar-refractivity contribution in [2.45, 2.75) is 89.7 Å². The Kier molecular flexibility index (Phi) is 10.7. The van der Waals surface area contributed by atoms with Crippen LogP contribution in [0.5, 0.6) is 0 Å². The minimum absolute atomic E-state index is 0.537. The number of aliphatic hydroxyl groups excluding tert-OH is 1. The zero-order valence-electron chi connectivity index (χ0n) is 21.3. The molecule has 0 bridgehead atoms. The first-order valence-electron chi connectivity index (χ1n) is 11.6. The number of piperidine rings is 1. The monoisotopic (exact) mass is 546 g/mol. The van der Waals surface area contributed by atoms with Crippen molar-refractivity contribution >= 4 is 23.8 Å². The molecule has 15 heteroatoms. The van der Waals surface area contributed by atoms with Crippen LogP contribution in [0.15, 0.2) is 0 Å². The molecule has 0 radical (unpaired) electrons. The molecule has 214 valence electrons. The van der Waals surface area contributed by atoms with E-state index in [1.807, 2.05) is 5.32 Å². The van der Waals surface area contributed by atoms with Gasteiger partial charge in [-0.2, -0.15) is 13.2 Å². The van der Waals surface area contributed by atoms with Crippen molar-refractivity contribution in [3.8, 4) is 0 Å². The van der Waals surface area contributed by atoms with Crippen LogP contribution < -0.4 is 16.0 Å². The number of carbonyl (C=O) groups is 4. The van der Waals surface area contributed by atoms with E-state index in [1.165, 1.54) is 20.8 Å². The molecule has 1 fully saturated rings. The fourth-order valence-electron chi connectivity index (χ4n) is 4.04. The van der Waals surface area contributed by atoms with Crippen LogP contribution in [0, 0.1) is 11.3 Å². The Morgan fingerprint density at radius 3 is 2.03 bits per heavy atom. The van der Waals surface area contributed by atoms with Crippen LogP contribution >= 0.6 is 0 Å². The average Bonchev–Trinajstić information content (AvgIpc) is 2.76. The number of hydrogen-bond donors (Lipinski definition) is 5. The van der Waals surface area contributed by atoms with Gasteiger partial charge in [0.15, 0.2) is 6.10 Å². The summed E-state index contributed by atoms with van der Waals surface area (Å²) in [6.07, 6.45) is -11.2. The number of rotatable bonds is 9. The van der Waals surface area contributed by atoms with Gasteiger partial charge in [-0.1, -0.05) is 20.8 Å². The van der Waals surface area contributed by atoms with Gasteiger partial charge in [-0.25, -0.2) is 13.6 Å². The van der Waals surface area contributed by atoms with Crippen LogP contribution in [-0.2, 0) is 14.4 Å². The summed E-state index contributed by atoms with van der Waals surface area (Å²) in [5.74, 6) is -8.37. The number of alkyl halides is 5. The van der Waals surface area contributed by atoms with E-state index < -0.39 is 104 Å². The van der Waals surface area contributed by atoms with Crippen molar-refractivity contribution in [1.29, 1.82) is 0 Å². The van der Waals surface area contributed by atoms with Gasteiger partial charge in [-0.15, -0.1) is 0 Å². The van der Waals surface area contributed by atoms with Gasteiger partial charge in [0.25, 0.3) is 5.91 Å². The van der Waals surface area contributed by atoms with Crippen molar-refractivity contribution in [2.24, 2.45) is 11.3 Å². The summed E-state index contributed by atoms with van der Waals surface area (Å²) in [5, 5.41) is 25.7. The molecule has 1 aliphatic heterocycles. The number of halogens is 5. The molecule has 0 aromatic rings. The molecule has 1 rings (SSSR count). The number of nitrogens with one attached hydrogen (secondary N) is 3. The highest BCUT2D eigenvalue weighted by Gasteiger charge is 2.49. The second-order valence-electron chi connectivity index (χ2n) is 10.3. The molecule has 4 amide bonds. The number of carboxylic acid groups (broad SMARTS) is 1. The molecule has 1 heterocycles. The third-order valence-electron chi connectivity index (χ3n) is 6.15. The van der Waals surface area contributed by atoms with Crippen LogP contribution in [-0.4, -0.2) is 88.8 Å². The first-order chi connectivity index (χ1) is 16.7. The third-order valence-corrected chi connectivity index (χ3v) is 6.15. The van der Waals surface area contributed by atoms with E-state index >= 15 is 0 Å². The van der Waals surface area contributed by atoms with Gasteiger partial charge in [0.05, 0.1) is 12.0 Å². The highest BCUT2D eigenvalue weighted by molar-refractivity contribution is 5.92. The molecule has 0 spiro atoms. The van der Waals surface area contributed by atoms with Crippen molar-refractivity contribution in [3.05, 3.63) is 0 Å². The number of hydrogen-bond acceptors (Lipinski definition) is 5. The maximum absolute atomic E-state index is 13.5. The van der Waals surface area contributed by atoms with E-state index in [0.717, 1.165) is 11.9 Å². The Bertz CT molecular complexity index is 843. The van der Waals surface area contributed by atoms with E-state index in [2.05, 4.69) is 10.6 Å². The first-order valence-corrected chi connectivity index (χ1v) is 11.6. The van der Waals surface area contributed by atoms with E-state index in [9.17, 15) is 46.2 Å². The summed E-state index contributed by atoms with van der Waals surface area (Å²) in [4.78, 5) is 50.5. The van der Waals surface area contributed by atoms with Crippen molar-refractivity contribution in [2.75, 3.05) is 13.6 Å². The lowest BCUT2D eigenvalue weighted by molar-refractivity contribution is -0.193. The molecule has 0 aromatic carbocycles. The largest absolute Gasteiger partial charge is 0.465 e. The second kappa shape index (κ2) is 12.2. The highest BCUT2D eigenvalue weighted by atomic mass is 19.4. The van der Waals surface area contributed by atoms with Crippen molar-refractivity contribution in [3.63, 3.8) is 0 Å². The van der Waals surface area contributed by atoms with Gasteiger partial charge in [-0.3, -0.25) is 14.4 Å². The predicted octanol–water partition coefficient (Wildman–Crippen LogP) is 1.87. The summed E-state index contributed by atoms with van der Waals surface area (Å²) in [6.45, 7) is 4.59. The third kappa shape index (κ3) is 9.59. The second-order valence-corrected chi connectivity index (χ2v) is 10.3. The molecule has 5 N–H and O–H groups in total. The SMILES string of the molecule is CNC(=O)C(O)C(CCC(C)(F)F)NC(=O)[C@@H]1C[C@H](C(F)(F)F)CCN1C(=O)C(NC(=O)O)C(C)(C)C. The Balaban J connectivity index is 3.36. The number of aliphatic hydroxyl groups is 1. The topological polar surface area (TPSA) is 148 Å². The number of nitrogens with zero attached hydrogens (tertiary/aromatic N) is 1. The van der Waals surface area contributed by atoms with Gasteiger partial charge in [-0.05, 0) is 31.6 Å². The van der Waals surface area contributed by atoms with Gasteiger partial charge >= 0.3 is 12.3 Å². The fraction of sp³-hybridized carbons (Fsp3) is 0.818. The number of likely N-dealkylation sites (tertiary alicyclic amines) is 1. The quantitative estimate of drug-likeness (QED) is 0.279. The molecule has 5 atom stereocenters. The summed E-state index contributed by atoms with van der Waals surface area (Å²) in [7, 11) is 1.15. The van der Waals surface area contributed by atoms with Gasteiger partial charge in [0, 0.05) is 20.0 Å². The van der Waals surface area contributed by atoms with Crippen LogP contribution in [0.4, 0.5) is 26.7 Å². The van der Waals surface area contributed by atoms with E-state index in [0.29, 0.717) is 6.92 Å². The lowest BCUT2D eigenvalue weighted by Crippen LogP contribution is -2.63. The molecular weight excluding hydrogens is 511 g/mol. The molecule has 0 aromatic heterocycles. The maximum atomic E-state index is 13.5. The van der Waals surface area contributed by atoms with Gasteiger partial charge in [0.1, 0.15) is 12.1 Å². The van der Waals surface area contributed by atoms with Crippen molar-refractivity contribution < 1.29 is 51.3 Å². The number of likely N-dealkylation sites (N-methyl/N-ethyl adjacent to an activating group) is 1. The molecule has 10 nitrogen and oxygen atoms in total. The molecular formula is C22H35F5N4O6. The number of carbonyl (C=O) groups excluding carboxylic acids is 3. The smallest absolute Gasteiger partial charge is 0.405 e. The molecule has 0 saturated carbocycles. The maximum Gasteiger partial charge on any atom is 0.405 e. The highest BCUT2D eigenvalue weighted by Crippen LogP contribution is 2.37. The Hall–Kier alpha value is -2.71. The molecule has 1 saturated heterocycles. The van der Waals surface area contributed by atoms with Gasteiger partial charge < -0.3 is 31.1 Å². The molecule has 0 aliphatic carbocycles. The summed E-state index contributed by atoms with van der Waals surface area (Å²) in [5.41, 5.74) is -1.03. The fourth-order valence-corrected chi connectivity index (χ4v) is 4.04. The summed E-state index contributed by atoms with van der Waals surface area (Å²) >= 11 is 0. The minimum atomic E-state index is -4.71. The zero-order chi connectivity index (χ0) is 28.9. The summed E-state index contributed by atoms with van der Waals surface area (Å²) < 4.78 is 67.5. The van der Waals surface area contributed by atoms with Crippen LogP contribution in [0.1, 0.15) is 53.4 Å². The lowest BCUT2D eigenvalue weighted by atomic mass is 9.83. The zero-order valence-corrected chi connectivity index (χ0v) is 21.3. The number of amides is 4. The Morgan fingerprint density at radius 2 is 1.59 bits per heavy atom.